The topological polar surface area (TPSA) is 73.0 Å². The van der Waals surface area contributed by atoms with Crippen molar-refractivity contribution in [3.05, 3.63) is 52.1 Å². The van der Waals surface area contributed by atoms with Crippen molar-refractivity contribution < 1.29 is 4.92 Å². The molecule has 1 aromatic heterocycles. The average molecular weight is 246 g/mol. The first-order valence-corrected chi connectivity index (χ1v) is 5.53. The van der Waals surface area contributed by atoms with E-state index < -0.39 is 0 Å². The first kappa shape index (κ1) is 12.1. The monoisotopic (exact) mass is 246 g/mol. The smallest absolute Gasteiger partial charge is 0.274 e. The summed E-state index contributed by atoms with van der Waals surface area (Å²) < 4.78 is 1.90. The number of aromatic nitrogens is 2. The number of anilines is 1. The Labute approximate surface area is 104 Å². The van der Waals surface area contributed by atoms with E-state index in [2.05, 4.69) is 10.3 Å². The SMILES string of the molecule is Cc1ccc(NCc2nccn2C)cc1[N+](=O)[O-]. The van der Waals surface area contributed by atoms with Gasteiger partial charge in [-0.3, -0.25) is 10.1 Å². The van der Waals surface area contributed by atoms with Gasteiger partial charge in [-0.05, 0) is 13.0 Å². The molecule has 6 heteroatoms. The lowest BCUT2D eigenvalue weighted by molar-refractivity contribution is -0.385. The lowest BCUT2D eigenvalue weighted by atomic mass is 10.2. The number of nitro groups is 1. The number of imidazole rings is 1. The van der Waals surface area contributed by atoms with E-state index in [1.54, 1.807) is 19.2 Å². The zero-order valence-corrected chi connectivity index (χ0v) is 10.3. The van der Waals surface area contributed by atoms with Gasteiger partial charge in [0.1, 0.15) is 5.82 Å². The highest BCUT2D eigenvalue weighted by molar-refractivity contribution is 5.54. The molecular weight excluding hydrogens is 232 g/mol. The summed E-state index contributed by atoms with van der Waals surface area (Å²) in [4.78, 5) is 14.6. The fraction of sp³-hybridized carbons (Fsp3) is 0.250. The van der Waals surface area contributed by atoms with Crippen molar-refractivity contribution in [1.82, 2.24) is 9.55 Å². The van der Waals surface area contributed by atoms with Gasteiger partial charge in [0.25, 0.3) is 5.69 Å². The first-order valence-electron chi connectivity index (χ1n) is 5.53. The van der Waals surface area contributed by atoms with Crippen LogP contribution in [0.4, 0.5) is 11.4 Å². The van der Waals surface area contributed by atoms with Gasteiger partial charge in [0.05, 0.1) is 11.5 Å². The van der Waals surface area contributed by atoms with E-state index in [1.165, 1.54) is 6.07 Å². The summed E-state index contributed by atoms with van der Waals surface area (Å²) >= 11 is 0. The molecule has 0 unspecified atom stereocenters. The third-order valence-electron chi connectivity index (χ3n) is 2.78. The minimum atomic E-state index is -0.374. The zero-order valence-electron chi connectivity index (χ0n) is 10.3. The number of aryl methyl sites for hydroxylation is 2. The van der Waals surface area contributed by atoms with Crippen LogP contribution in [-0.2, 0) is 13.6 Å². The van der Waals surface area contributed by atoms with Gasteiger partial charge in [-0.1, -0.05) is 6.07 Å². The number of nitrogens with zero attached hydrogens (tertiary/aromatic N) is 3. The molecule has 0 saturated carbocycles. The number of hydrogen-bond donors (Lipinski definition) is 1. The van der Waals surface area contributed by atoms with Gasteiger partial charge in [0, 0.05) is 36.8 Å². The Morgan fingerprint density at radius 1 is 1.50 bits per heavy atom. The van der Waals surface area contributed by atoms with Crippen LogP contribution >= 0.6 is 0 Å². The quantitative estimate of drug-likeness (QED) is 0.663. The Morgan fingerprint density at radius 3 is 2.89 bits per heavy atom. The van der Waals surface area contributed by atoms with E-state index in [4.69, 9.17) is 0 Å². The van der Waals surface area contributed by atoms with Crippen molar-refractivity contribution in [2.24, 2.45) is 7.05 Å². The van der Waals surface area contributed by atoms with Crippen LogP contribution in [0, 0.1) is 17.0 Å². The number of rotatable bonds is 4. The molecule has 0 fully saturated rings. The van der Waals surface area contributed by atoms with Crippen molar-refractivity contribution >= 4 is 11.4 Å². The fourth-order valence-corrected chi connectivity index (χ4v) is 1.66. The minimum Gasteiger partial charge on any atom is -0.378 e. The van der Waals surface area contributed by atoms with Crippen LogP contribution in [-0.4, -0.2) is 14.5 Å². The molecule has 0 spiro atoms. The largest absolute Gasteiger partial charge is 0.378 e. The van der Waals surface area contributed by atoms with Crippen LogP contribution in [0.15, 0.2) is 30.6 Å². The lowest BCUT2D eigenvalue weighted by Crippen LogP contribution is -2.06. The van der Waals surface area contributed by atoms with Gasteiger partial charge < -0.3 is 9.88 Å². The molecule has 2 aromatic rings. The second-order valence-electron chi connectivity index (χ2n) is 4.07. The molecule has 1 heterocycles. The summed E-state index contributed by atoms with van der Waals surface area (Å²) in [6, 6.07) is 5.10. The van der Waals surface area contributed by atoms with E-state index in [-0.39, 0.29) is 10.6 Å². The number of benzene rings is 1. The number of nitrogens with one attached hydrogen (secondary N) is 1. The molecule has 18 heavy (non-hydrogen) atoms. The van der Waals surface area contributed by atoms with E-state index in [9.17, 15) is 10.1 Å². The molecule has 6 nitrogen and oxygen atoms in total. The number of nitro benzene ring substituents is 1. The van der Waals surface area contributed by atoms with Crippen LogP contribution in [0.1, 0.15) is 11.4 Å². The second kappa shape index (κ2) is 4.87. The lowest BCUT2D eigenvalue weighted by Gasteiger charge is -2.07. The summed E-state index contributed by atoms with van der Waals surface area (Å²) in [5.41, 5.74) is 1.50. The van der Waals surface area contributed by atoms with Gasteiger partial charge in [-0.2, -0.15) is 0 Å². The van der Waals surface area contributed by atoms with E-state index in [0.717, 1.165) is 11.5 Å². The van der Waals surface area contributed by atoms with Crippen molar-refractivity contribution in [1.29, 1.82) is 0 Å². The molecule has 0 saturated heterocycles. The third kappa shape index (κ3) is 2.48. The molecule has 0 aliphatic carbocycles. The molecule has 94 valence electrons. The average Bonchev–Trinajstić information content (AvgIpc) is 2.73. The summed E-state index contributed by atoms with van der Waals surface area (Å²) in [6.45, 7) is 2.25. The van der Waals surface area contributed by atoms with Gasteiger partial charge >= 0.3 is 0 Å². The maximum atomic E-state index is 10.8. The Bertz CT molecular complexity index is 577. The Hall–Kier alpha value is -2.37. The maximum absolute atomic E-state index is 10.8. The molecule has 0 amide bonds. The normalized spacial score (nSPS) is 10.3. The van der Waals surface area contributed by atoms with Crippen LogP contribution in [0.5, 0.6) is 0 Å². The number of hydrogen-bond acceptors (Lipinski definition) is 4. The van der Waals surface area contributed by atoms with Crippen LogP contribution in [0.3, 0.4) is 0 Å². The van der Waals surface area contributed by atoms with Crippen LogP contribution in [0.2, 0.25) is 0 Å². The molecule has 0 aliphatic rings. The van der Waals surface area contributed by atoms with Gasteiger partial charge in [-0.15, -0.1) is 0 Å². The van der Waals surface area contributed by atoms with Crippen LogP contribution < -0.4 is 5.32 Å². The van der Waals surface area contributed by atoms with Crippen molar-refractivity contribution in [3.8, 4) is 0 Å². The predicted octanol–water partition coefficient (Wildman–Crippen LogP) is 2.25. The highest BCUT2D eigenvalue weighted by Crippen LogP contribution is 2.22. The Kier molecular flexibility index (Phi) is 3.27. The van der Waals surface area contributed by atoms with E-state index in [1.807, 2.05) is 23.9 Å². The Balaban J connectivity index is 2.13. The van der Waals surface area contributed by atoms with Crippen molar-refractivity contribution in [2.75, 3.05) is 5.32 Å². The first-order chi connectivity index (χ1) is 8.58. The molecule has 0 atom stereocenters. The maximum Gasteiger partial charge on any atom is 0.274 e. The Morgan fingerprint density at radius 2 is 2.28 bits per heavy atom. The van der Waals surface area contributed by atoms with Crippen LogP contribution in [0.25, 0.3) is 0 Å². The van der Waals surface area contributed by atoms with Crippen molar-refractivity contribution in [2.45, 2.75) is 13.5 Å². The second-order valence-corrected chi connectivity index (χ2v) is 4.07. The van der Waals surface area contributed by atoms with E-state index in [0.29, 0.717) is 12.1 Å². The van der Waals surface area contributed by atoms with Gasteiger partial charge in [-0.25, -0.2) is 4.98 Å². The van der Waals surface area contributed by atoms with Crippen molar-refractivity contribution in [3.63, 3.8) is 0 Å². The third-order valence-corrected chi connectivity index (χ3v) is 2.78. The summed E-state index contributed by atoms with van der Waals surface area (Å²) in [5, 5.41) is 13.9. The minimum absolute atomic E-state index is 0.125. The molecule has 2 rings (SSSR count). The summed E-state index contributed by atoms with van der Waals surface area (Å²) in [6.07, 6.45) is 3.57. The molecule has 1 N–H and O–H groups in total. The molecular formula is C12H14N4O2. The summed E-state index contributed by atoms with van der Waals surface area (Å²) in [7, 11) is 1.90. The zero-order chi connectivity index (χ0) is 13.1. The van der Waals surface area contributed by atoms with Gasteiger partial charge in [0.15, 0.2) is 0 Å². The summed E-state index contributed by atoms with van der Waals surface area (Å²) in [5.74, 6) is 0.873. The standard InChI is InChI=1S/C12H14N4O2/c1-9-3-4-10(7-11(9)16(17)18)14-8-12-13-5-6-15(12)2/h3-7,14H,8H2,1-2H3. The molecule has 1 aromatic carbocycles. The molecule has 0 aliphatic heterocycles. The fourth-order valence-electron chi connectivity index (χ4n) is 1.66. The predicted molar refractivity (Wildman–Crippen MR) is 68.4 cm³/mol. The van der Waals surface area contributed by atoms with E-state index >= 15 is 0 Å². The highest BCUT2D eigenvalue weighted by Gasteiger charge is 2.10. The molecule has 0 radical (unpaired) electrons. The highest BCUT2D eigenvalue weighted by atomic mass is 16.6. The molecule has 0 bridgehead atoms. The van der Waals surface area contributed by atoms with Gasteiger partial charge in [0.2, 0.25) is 0 Å².